The van der Waals surface area contributed by atoms with Gasteiger partial charge in [-0.3, -0.25) is 0 Å². The molecular formula is C18H27BrN2O2. The number of hydrogen-bond acceptors (Lipinski definition) is 3. The summed E-state index contributed by atoms with van der Waals surface area (Å²) >= 11 is 3.50. The number of piperidine rings is 1. The summed E-state index contributed by atoms with van der Waals surface area (Å²) in [6.07, 6.45) is 1.81. The maximum atomic E-state index is 12.1. The number of halogens is 1. The summed E-state index contributed by atoms with van der Waals surface area (Å²) in [6.45, 7) is 9.47. The molecule has 0 bridgehead atoms. The zero-order valence-corrected chi connectivity index (χ0v) is 16.0. The minimum absolute atomic E-state index is 0.191. The van der Waals surface area contributed by atoms with Crippen molar-refractivity contribution < 1.29 is 9.53 Å². The predicted octanol–water partition coefficient (Wildman–Crippen LogP) is 4.90. The van der Waals surface area contributed by atoms with E-state index in [-0.39, 0.29) is 6.09 Å². The average Bonchev–Trinajstić information content (AvgIpc) is 2.45. The van der Waals surface area contributed by atoms with E-state index in [9.17, 15) is 4.79 Å². The molecule has 128 valence electrons. The van der Waals surface area contributed by atoms with Crippen molar-refractivity contribution in [3.8, 4) is 0 Å². The highest BCUT2D eigenvalue weighted by molar-refractivity contribution is 9.10. The monoisotopic (exact) mass is 382 g/mol. The zero-order valence-electron chi connectivity index (χ0n) is 14.4. The average molecular weight is 383 g/mol. The van der Waals surface area contributed by atoms with E-state index >= 15 is 0 Å². The number of likely N-dealkylation sites (tertiary alicyclic amines) is 1. The van der Waals surface area contributed by atoms with Gasteiger partial charge in [0.15, 0.2) is 0 Å². The third-order valence-electron chi connectivity index (χ3n) is 4.12. The number of carbonyl (C=O) groups is 1. The molecule has 5 heteroatoms. The second-order valence-electron chi connectivity index (χ2n) is 7.25. The van der Waals surface area contributed by atoms with Gasteiger partial charge in [-0.1, -0.05) is 22.0 Å². The minimum Gasteiger partial charge on any atom is -0.444 e. The van der Waals surface area contributed by atoms with Crippen LogP contribution in [0.1, 0.15) is 40.5 Å². The molecule has 0 spiro atoms. The molecule has 1 aromatic rings. The Kier molecular flexibility index (Phi) is 5.95. The van der Waals surface area contributed by atoms with E-state index in [1.54, 1.807) is 0 Å². The summed E-state index contributed by atoms with van der Waals surface area (Å²) in [7, 11) is 0. The number of hydrogen-bond donors (Lipinski definition) is 1. The molecular weight excluding hydrogens is 356 g/mol. The van der Waals surface area contributed by atoms with Crippen molar-refractivity contribution in [2.24, 2.45) is 5.92 Å². The van der Waals surface area contributed by atoms with Crippen molar-refractivity contribution in [3.63, 3.8) is 0 Å². The first-order chi connectivity index (χ1) is 10.7. The predicted molar refractivity (Wildman–Crippen MR) is 97.8 cm³/mol. The number of benzene rings is 1. The van der Waals surface area contributed by atoms with Crippen LogP contribution in [0.2, 0.25) is 0 Å². The van der Waals surface area contributed by atoms with Gasteiger partial charge >= 0.3 is 6.09 Å². The van der Waals surface area contributed by atoms with Crippen LogP contribution >= 0.6 is 15.9 Å². The van der Waals surface area contributed by atoms with Gasteiger partial charge in [0.2, 0.25) is 0 Å². The fourth-order valence-corrected chi connectivity index (χ4v) is 3.27. The van der Waals surface area contributed by atoms with Crippen molar-refractivity contribution >= 4 is 27.7 Å². The number of carbonyl (C=O) groups excluding carboxylic acids is 1. The number of anilines is 1. The van der Waals surface area contributed by atoms with Gasteiger partial charge in [0.05, 0.1) is 0 Å². The number of nitrogens with zero attached hydrogens (tertiary/aromatic N) is 1. The first-order valence-corrected chi connectivity index (χ1v) is 9.04. The van der Waals surface area contributed by atoms with Crippen LogP contribution in [0.3, 0.4) is 0 Å². The van der Waals surface area contributed by atoms with Gasteiger partial charge in [0, 0.05) is 29.3 Å². The molecule has 1 atom stereocenters. The lowest BCUT2D eigenvalue weighted by Crippen LogP contribution is -2.44. The summed E-state index contributed by atoms with van der Waals surface area (Å²) in [5, 5.41) is 3.57. The second-order valence-corrected chi connectivity index (χ2v) is 8.16. The van der Waals surface area contributed by atoms with Crippen molar-refractivity contribution in [1.29, 1.82) is 0 Å². The summed E-state index contributed by atoms with van der Waals surface area (Å²) in [4.78, 5) is 13.9. The molecule has 1 amide bonds. The number of amides is 1. The lowest BCUT2D eigenvalue weighted by atomic mass is 9.90. The smallest absolute Gasteiger partial charge is 0.410 e. The van der Waals surface area contributed by atoms with Crippen LogP contribution in [0.25, 0.3) is 0 Å². The fraction of sp³-hybridized carbons (Fsp3) is 0.611. The molecule has 0 radical (unpaired) electrons. The summed E-state index contributed by atoms with van der Waals surface area (Å²) < 4.78 is 6.53. The van der Waals surface area contributed by atoms with Gasteiger partial charge in [-0.2, -0.15) is 0 Å². The summed E-state index contributed by atoms with van der Waals surface area (Å²) in [5.74, 6) is 0.563. The molecule has 0 saturated carbocycles. The number of ether oxygens (including phenoxy) is 1. The Morgan fingerprint density at radius 3 is 2.57 bits per heavy atom. The van der Waals surface area contributed by atoms with Crippen molar-refractivity contribution in [2.75, 3.05) is 18.4 Å². The highest BCUT2D eigenvalue weighted by Gasteiger charge is 2.29. The van der Waals surface area contributed by atoms with Gasteiger partial charge in [-0.15, -0.1) is 0 Å². The Bertz CT molecular complexity index is 534. The highest BCUT2D eigenvalue weighted by atomic mass is 79.9. The SMILES string of the molecule is CC(Nc1cccc(Br)c1)C1CCN(C(=O)OC(C)(C)C)CC1. The largest absolute Gasteiger partial charge is 0.444 e. The van der Waals surface area contributed by atoms with Crippen LogP contribution < -0.4 is 5.32 Å². The van der Waals surface area contributed by atoms with Crippen LogP contribution in [0.5, 0.6) is 0 Å². The van der Waals surface area contributed by atoms with E-state index in [2.05, 4.69) is 40.3 Å². The Morgan fingerprint density at radius 1 is 1.35 bits per heavy atom. The molecule has 1 heterocycles. The Labute approximate surface area is 147 Å². The van der Waals surface area contributed by atoms with E-state index in [1.165, 1.54) is 0 Å². The van der Waals surface area contributed by atoms with E-state index in [0.717, 1.165) is 36.1 Å². The molecule has 23 heavy (non-hydrogen) atoms. The molecule has 1 unspecified atom stereocenters. The van der Waals surface area contributed by atoms with Gasteiger partial charge in [-0.25, -0.2) is 4.79 Å². The van der Waals surface area contributed by atoms with E-state index < -0.39 is 5.60 Å². The van der Waals surface area contributed by atoms with Crippen LogP contribution in [-0.4, -0.2) is 35.7 Å². The van der Waals surface area contributed by atoms with Crippen LogP contribution in [0.4, 0.5) is 10.5 Å². The van der Waals surface area contributed by atoms with Gasteiger partial charge < -0.3 is 15.0 Å². The third kappa shape index (κ3) is 5.72. The molecule has 1 aliphatic rings. The van der Waals surface area contributed by atoms with E-state index in [1.807, 2.05) is 37.8 Å². The molecule has 1 aliphatic heterocycles. The maximum Gasteiger partial charge on any atom is 0.410 e. The maximum absolute atomic E-state index is 12.1. The van der Waals surface area contributed by atoms with Crippen LogP contribution in [-0.2, 0) is 4.74 Å². The molecule has 4 nitrogen and oxygen atoms in total. The minimum atomic E-state index is -0.427. The normalized spacial score (nSPS) is 17.7. The molecule has 1 fully saturated rings. The van der Waals surface area contributed by atoms with Crippen molar-refractivity contribution in [3.05, 3.63) is 28.7 Å². The van der Waals surface area contributed by atoms with Gasteiger partial charge in [-0.05, 0) is 64.7 Å². The van der Waals surface area contributed by atoms with Gasteiger partial charge in [0.25, 0.3) is 0 Å². The second kappa shape index (κ2) is 7.56. The summed E-state index contributed by atoms with van der Waals surface area (Å²) in [6, 6.07) is 8.60. The van der Waals surface area contributed by atoms with Gasteiger partial charge in [0.1, 0.15) is 5.60 Å². The van der Waals surface area contributed by atoms with E-state index in [0.29, 0.717) is 12.0 Å². The Morgan fingerprint density at radius 2 is 2.00 bits per heavy atom. The molecule has 1 saturated heterocycles. The van der Waals surface area contributed by atoms with E-state index in [4.69, 9.17) is 4.74 Å². The highest BCUT2D eigenvalue weighted by Crippen LogP contribution is 2.25. The number of rotatable bonds is 3. The first-order valence-electron chi connectivity index (χ1n) is 8.24. The van der Waals surface area contributed by atoms with Crippen molar-refractivity contribution in [2.45, 2.75) is 52.2 Å². The lowest BCUT2D eigenvalue weighted by Gasteiger charge is -2.36. The molecule has 1 aromatic carbocycles. The fourth-order valence-electron chi connectivity index (χ4n) is 2.87. The summed E-state index contributed by atoms with van der Waals surface area (Å²) in [5.41, 5.74) is 0.699. The Balaban J connectivity index is 1.83. The van der Waals surface area contributed by atoms with Crippen LogP contribution in [0.15, 0.2) is 28.7 Å². The number of nitrogens with one attached hydrogen (secondary N) is 1. The third-order valence-corrected chi connectivity index (χ3v) is 4.61. The zero-order chi connectivity index (χ0) is 17.0. The quantitative estimate of drug-likeness (QED) is 0.808. The van der Waals surface area contributed by atoms with Crippen molar-refractivity contribution in [1.82, 2.24) is 4.90 Å². The van der Waals surface area contributed by atoms with Crippen LogP contribution in [0, 0.1) is 5.92 Å². The first kappa shape index (κ1) is 18.1. The standard InChI is InChI=1S/C18H27BrN2O2/c1-13(20-16-7-5-6-15(19)12-16)14-8-10-21(11-9-14)17(22)23-18(2,3)4/h5-7,12-14,20H,8-11H2,1-4H3. The molecule has 2 rings (SSSR count). The molecule has 0 aromatic heterocycles. The molecule has 0 aliphatic carbocycles. The Hall–Kier alpha value is -1.23. The topological polar surface area (TPSA) is 41.6 Å². The molecule has 1 N–H and O–H groups in total. The lowest BCUT2D eigenvalue weighted by molar-refractivity contribution is 0.0179.